The van der Waals surface area contributed by atoms with Crippen LogP contribution in [0.15, 0.2) is 11.6 Å². The molecule has 0 bridgehead atoms. The molecule has 0 N–H and O–H groups in total. The van der Waals surface area contributed by atoms with Gasteiger partial charge in [0, 0.05) is 12.3 Å². The fourth-order valence-electron chi connectivity index (χ4n) is 9.43. The smallest absolute Gasteiger partial charge is 0.321 e. The zero-order chi connectivity index (χ0) is 25.6. The quantitative estimate of drug-likeness (QED) is 0.329. The third kappa shape index (κ3) is 2.53. The van der Waals surface area contributed by atoms with Gasteiger partial charge in [-0.05, 0) is 69.1 Å². The molecule has 0 amide bonds. The maximum Gasteiger partial charge on any atom is 0.321 e. The standard InChI is InChI=1S/C28H40O6/c1-15-14-19-25(6)12-11-20(34-17(3)29)24(4,5)18(25)10-13-26(19,7)28(23(32)33-9)22(31)16(2)21(30)27(15,28)8/h14,16,18-20H,10-13H2,1-9H3. The van der Waals surface area contributed by atoms with Crippen molar-refractivity contribution in [2.45, 2.75) is 87.2 Å². The molecule has 0 spiro atoms. The van der Waals surface area contributed by atoms with Crippen LogP contribution in [-0.4, -0.2) is 36.7 Å². The lowest BCUT2D eigenvalue weighted by atomic mass is 9.34. The molecule has 188 valence electrons. The summed E-state index contributed by atoms with van der Waals surface area (Å²) in [5.74, 6) is -2.02. The van der Waals surface area contributed by atoms with E-state index in [1.165, 1.54) is 14.0 Å². The second-order valence-electron chi connectivity index (χ2n) is 12.6. The van der Waals surface area contributed by atoms with Gasteiger partial charge in [-0.15, -0.1) is 0 Å². The minimum atomic E-state index is -1.54. The van der Waals surface area contributed by atoms with Crippen molar-refractivity contribution in [2.75, 3.05) is 7.11 Å². The monoisotopic (exact) mass is 472 g/mol. The van der Waals surface area contributed by atoms with Gasteiger partial charge in [-0.1, -0.05) is 39.3 Å². The number of ether oxygens (including phenoxy) is 2. The van der Waals surface area contributed by atoms with Crippen LogP contribution in [0.2, 0.25) is 0 Å². The van der Waals surface area contributed by atoms with Crippen LogP contribution in [0.5, 0.6) is 0 Å². The molecule has 6 heteroatoms. The van der Waals surface area contributed by atoms with Crippen LogP contribution in [0, 0.1) is 44.8 Å². The Bertz CT molecular complexity index is 1010. The molecule has 4 rings (SSSR count). The maximum atomic E-state index is 14.0. The average Bonchev–Trinajstić information content (AvgIpc) is 2.91. The molecule has 8 unspecified atom stereocenters. The molecule has 8 atom stereocenters. The van der Waals surface area contributed by atoms with Gasteiger partial charge in [-0.3, -0.25) is 19.2 Å². The van der Waals surface area contributed by atoms with Crippen LogP contribution >= 0.6 is 0 Å². The van der Waals surface area contributed by atoms with Crippen LogP contribution < -0.4 is 0 Å². The van der Waals surface area contributed by atoms with Crippen molar-refractivity contribution in [1.29, 1.82) is 0 Å². The van der Waals surface area contributed by atoms with E-state index in [-0.39, 0.29) is 46.3 Å². The average molecular weight is 473 g/mol. The van der Waals surface area contributed by atoms with E-state index in [0.29, 0.717) is 6.42 Å². The highest BCUT2D eigenvalue weighted by Gasteiger charge is 2.82. The molecule has 3 saturated carbocycles. The number of carbonyl (C=O) groups excluding carboxylic acids is 4. The Labute approximate surface area is 203 Å². The molecular formula is C28H40O6. The summed E-state index contributed by atoms with van der Waals surface area (Å²) in [5.41, 5.74) is -3.21. The Morgan fingerprint density at radius 3 is 2.18 bits per heavy atom. The largest absolute Gasteiger partial charge is 0.468 e. The number of ketones is 2. The topological polar surface area (TPSA) is 86.7 Å². The van der Waals surface area contributed by atoms with E-state index in [0.717, 1.165) is 24.8 Å². The third-order valence-corrected chi connectivity index (χ3v) is 11.1. The molecule has 4 aliphatic carbocycles. The van der Waals surface area contributed by atoms with Gasteiger partial charge in [0.25, 0.3) is 0 Å². The Kier molecular flexibility index (Phi) is 5.37. The van der Waals surface area contributed by atoms with Crippen molar-refractivity contribution in [1.82, 2.24) is 0 Å². The van der Waals surface area contributed by atoms with E-state index in [1.54, 1.807) is 13.8 Å². The second-order valence-corrected chi connectivity index (χ2v) is 12.6. The van der Waals surface area contributed by atoms with Crippen LogP contribution in [-0.2, 0) is 28.7 Å². The van der Waals surface area contributed by atoms with Crippen LogP contribution in [0.4, 0.5) is 0 Å². The van der Waals surface area contributed by atoms with Crippen LogP contribution in [0.1, 0.15) is 81.1 Å². The van der Waals surface area contributed by atoms with E-state index < -0.39 is 28.1 Å². The van der Waals surface area contributed by atoms with Crippen molar-refractivity contribution in [3.63, 3.8) is 0 Å². The van der Waals surface area contributed by atoms with Crippen molar-refractivity contribution < 1.29 is 28.7 Å². The summed E-state index contributed by atoms with van der Waals surface area (Å²) in [6, 6.07) is 0. The normalized spacial score (nSPS) is 47.1. The number of hydrogen-bond acceptors (Lipinski definition) is 6. The fourth-order valence-corrected chi connectivity index (χ4v) is 9.43. The van der Waals surface area contributed by atoms with E-state index in [2.05, 4.69) is 26.8 Å². The molecule has 6 nitrogen and oxygen atoms in total. The predicted molar refractivity (Wildman–Crippen MR) is 126 cm³/mol. The summed E-state index contributed by atoms with van der Waals surface area (Å²) in [7, 11) is 1.32. The van der Waals surface area contributed by atoms with Crippen molar-refractivity contribution in [3.8, 4) is 0 Å². The van der Waals surface area contributed by atoms with Crippen molar-refractivity contribution in [3.05, 3.63) is 11.6 Å². The maximum absolute atomic E-state index is 14.0. The van der Waals surface area contributed by atoms with E-state index >= 15 is 0 Å². The van der Waals surface area contributed by atoms with Gasteiger partial charge in [-0.25, -0.2) is 0 Å². The Morgan fingerprint density at radius 2 is 1.62 bits per heavy atom. The molecule has 0 aliphatic heterocycles. The molecular weight excluding hydrogens is 432 g/mol. The summed E-state index contributed by atoms with van der Waals surface area (Å²) < 4.78 is 11.1. The Hall–Kier alpha value is -1.98. The van der Waals surface area contributed by atoms with Crippen LogP contribution in [0.25, 0.3) is 0 Å². The Morgan fingerprint density at radius 1 is 1.00 bits per heavy atom. The molecule has 0 aromatic carbocycles. The number of carbonyl (C=O) groups is 4. The lowest BCUT2D eigenvalue weighted by Crippen LogP contribution is -2.69. The number of methoxy groups -OCH3 is 1. The number of rotatable bonds is 2. The molecule has 0 aromatic rings. The molecule has 4 aliphatic rings. The van der Waals surface area contributed by atoms with Gasteiger partial charge in [0.2, 0.25) is 0 Å². The summed E-state index contributed by atoms with van der Waals surface area (Å²) >= 11 is 0. The summed E-state index contributed by atoms with van der Waals surface area (Å²) in [6.07, 6.45) is 4.98. The fraction of sp³-hybridized carbons (Fsp3) is 0.786. The first-order valence-corrected chi connectivity index (χ1v) is 12.6. The zero-order valence-corrected chi connectivity index (χ0v) is 22.2. The first kappa shape index (κ1) is 25.1. The molecule has 3 fully saturated rings. The number of fused-ring (bicyclic) bond motifs is 5. The van der Waals surface area contributed by atoms with Gasteiger partial charge >= 0.3 is 11.9 Å². The summed E-state index contributed by atoms with van der Waals surface area (Å²) in [6.45, 7) is 15.5. The number of hydrogen-bond donors (Lipinski definition) is 0. The van der Waals surface area contributed by atoms with Gasteiger partial charge in [0.1, 0.15) is 11.5 Å². The zero-order valence-electron chi connectivity index (χ0n) is 22.2. The first-order chi connectivity index (χ1) is 15.6. The minimum Gasteiger partial charge on any atom is -0.468 e. The third-order valence-electron chi connectivity index (χ3n) is 11.1. The SMILES string of the molecule is COC(=O)C12C(=O)C(C)C(=O)C1(C)C(C)=CC1C3(C)CCC(OC(C)=O)C(C)(C)C3CCC12C. The highest BCUT2D eigenvalue weighted by molar-refractivity contribution is 6.25. The van der Waals surface area contributed by atoms with Gasteiger partial charge in [0.05, 0.1) is 18.4 Å². The lowest BCUT2D eigenvalue weighted by Gasteiger charge is -2.68. The Balaban J connectivity index is 1.95. The number of allylic oxidation sites excluding steroid dienone is 2. The first-order valence-electron chi connectivity index (χ1n) is 12.6. The van der Waals surface area contributed by atoms with E-state index in [1.807, 2.05) is 13.8 Å². The van der Waals surface area contributed by atoms with Crippen molar-refractivity contribution in [2.24, 2.45) is 44.8 Å². The number of Topliss-reactive ketones (excluding diaryl/α,β-unsaturated/α-hetero) is 2. The molecule has 0 aromatic heterocycles. The van der Waals surface area contributed by atoms with E-state index in [4.69, 9.17) is 9.47 Å². The van der Waals surface area contributed by atoms with Gasteiger partial charge < -0.3 is 9.47 Å². The lowest BCUT2D eigenvalue weighted by molar-refractivity contribution is -0.218. The van der Waals surface area contributed by atoms with Crippen molar-refractivity contribution >= 4 is 23.5 Å². The van der Waals surface area contributed by atoms with Gasteiger partial charge in [-0.2, -0.15) is 0 Å². The van der Waals surface area contributed by atoms with Gasteiger partial charge in [0.15, 0.2) is 11.6 Å². The molecule has 0 heterocycles. The molecule has 0 radical (unpaired) electrons. The minimum absolute atomic E-state index is 0.0921. The highest BCUT2D eigenvalue weighted by atomic mass is 16.5. The van der Waals surface area contributed by atoms with Crippen LogP contribution in [0.3, 0.4) is 0 Å². The van der Waals surface area contributed by atoms with E-state index in [9.17, 15) is 19.2 Å². The number of esters is 2. The summed E-state index contributed by atoms with van der Waals surface area (Å²) in [4.78, 5) is 53.2. The highest BCUT2D eigenvalue weighted by Crippen LogP contribution is 2.76. The molecule has 0 saturated heterocycles. The molecule has 34 heavy (non-hydrogen) atoms. The summed E-state index contributed by atoms with van der Waals surface area (Å²) in [5, 5.41) is 0. The predicted octanol–water partition coefficient (Wildman–Crippen LogP) is 4.69. The second kappa shape index (κ2) is 7.27.